The van der Waals surface area contributed by atoms with E-state index in [-0.39, 0.29) is 23.4 Å². The maximum atomic E-state index is 13.4. The fourth-order valence-corrected chi connectivity index (χ4v) is 5.19. The molecule has 42 heavy (non-hydrogen) atoms. The molecule has 4 aromatic carbocycles. The quantitative estimate of drug-likeness (QED) is 0.139. The first kappa shape index (κ1) is 28.4. The van der Waals surface area contributed by atoms with Crippen molar-refractivity contribution in [1.82, 2.24) is 10.2 Å². The molecule has 0 aliphatic carbocycles. The summed E-state index contributed by atoms with van der Waals surface area (Å²) in [5, 5.41) is 5.57. The van der Waals surface area contributed by atoms with E-state index in [2.05, 4.69) is 10.6 Å². The van der Waals surface area contributed by atoms with Crippen LogP contribution in [0.2, 0.25) is 0 Å². The summed E-state index contributed by atoms with van der Waals surface area (Å²) in [4.78, 5) is 53.7. The Labute approximate surface area is 247 Å². The first-order chi connectivity index (χ1) is 20.4. The lowest BCUT2D eigenvalue weighted by Crippen LogP contribution is -2.30. The summed E-state index contributed by atoms with van der Waals surface area (Å²) in [6, 6.07) is 29.6. The fraction of sp³-hybridized carbons (Fsp3) is 0.0909. The lowest BCUT2D eigenvalue weighted by molar-refractivity contribution is -0.113. The zero-order valence-electron chi connectivity index (χ0n) is 22.7. The predicted molar refractivity (Wildman–Crippen MR) is 162 cm³/mol. The highest BCUT2D eigenvalue weighted by atomic mass is 32.2. The number of carbonyl (C=O) groups is 4. The number of imide groups is 1. The highest BCUT2D eigenvalue weighted by Gasteiger charge is 2.34. The number of amides is 4. The standard InChI is InChI=1S/C33H27N3O5S/c1-2-41-25-17-15-22(16-18-25)19-29(35-30(37)23-9-4-3-5-10-23)31(38)34-24-11-8-12-26(20-24)42-21-36-32(39)27-13-6-7-14-28(27)33(36)40/h3-20H,2,21H2,1H3,(H,34,38)(H,35,37)/b29-19+. The molecule has 1 heterocycles. The Morgan fingerprint density at radius 2 is 1.50 bits per heavy atom. The number of hydrogen-bond acceptors (Lipinski definition) is 6. The minimum atomic E-state index is -0.518. The third kappa shape index (κ3) is 6.59. The molecule has 8 nitrogen and oxygen atoms in total. The van der Waals surface area contributed by atoms with Crippen molar-refractivity contribution in [1.29, 1.82) is 0 Å². The van der Waals surface area contributed by atoms with Gasteiger partial charge >= 0.3 is 0 Å². The van der Waals surface area contributed by atoms with Gasteiger partial charge in [0.05, 0.1) is 23.6 Å². The van der Waals surface area contributed by atoms with E-state index in [1.165, 1.54) is 16.7 Å². The van der Waals surface area contributed by atoms with Gasteiger partial charge in [-0.2, -0.15) is 0 Å². The van der Waals surface area contributed by atoms with Gasteiger partial charge in [-0.15, -0.1) is 11.8 Å². The summed E-state index contributed by atoms with van der Waals surface area (Å²) in [6.07, 6.45) is 1.59. The Balaban J connectivity index is 1.31. The predicted octanol–water partition coefficient (Wildman–Crippen LogP) is 5.84. The summed E-state index contributed by atoms with van der Waals surface area (Å²) < 4.78 is 5.49. The van der Waals surface area contributed by atoms with Crippen LogP contribution in [0.5, 0.6) is 5.75 Å². The van der Waals surface area contributed by atoms with Gasteiger partial charge in [0.25, 0.3) is 23.6 Å². The van der Waals surface area contributed by atoms with Crippen LogP contribution in [0.4, 0.5) is 5.69 Å². The smallest absolute Gasteiger partial charge is 0.272 e. The molecule has 1 aliphatic rings. The average Bonchev–Trinajstić information content (AvgIpc) is 3.26. The van der Waals surface area contributed by atoms with Crippen LogP contribution in [0, 0.1) is 0 Å². The number of thioether (sulfide) groups is 1. The summed E-state index contributed by atoms with van der Waals surface area (Å²) in [7, 11) is 0. The second kappa shape index (κ2) is 13.0. The number of ether oxygens (including phenoxy) is 1. The van der Waals surface area contributed by atoms with Gasteiger partial charge in [0.15, 0.2) is 0 Å². The van der Waals surface area contributed by atoms with Crippen LogP contribution in [0.3, 0.4) is 0 Å². The molecule has 0 radical (unpaired) electrons. The van der Waals surface area contributed by atoms with Crippen molar-refractivity contribution in [3.05, 3.63) is 131 Å². The molecule has 4 amide bonds. The second-order valence-corrected chi connectivity index (χ2v) is 10.2. The molecule has 0 fully saturated rings. The topological polar surface area (TPSA) is 105 Å². The van der Waals surface area contributed by atoms with Crippen molar-refractivity contribution < 1.29 is 23.9 Å². The minimum Gasteiger partial charge on any atom is -0.494 e. The van der Waals surface area contributed by atoms with Gasteiger partial charge in [-0.25, -0.2) is 0 Å². The first-order valence-corrected chi connectivity index (χ1v) is 14.2. The van der Waals surface area contributed by atoms with E-state index in [0.717, 1.165) is 4.90 Å². The zero-order valence-corrected chi connectivity index (χ0v) is 23.5. The zero-order chi connectivity index (χ0) is 29.5. The van der Waals surface area contributed by atoms with Crippen molar-refractivity contribution in [2.24, 2.45) is 0 Å². The van der Waals surface area contributed by atoms with Crippen molar-refractivity contribution >= 4 is 47.2 Å². The van der Waals surface area contributed by atoms with E-state index in [1.807, 2.05) is 13.0 Å². The lowest BCUT2D eigenvalue weighted by atomic mass is 10.1. The average molecular weight is 578 g/mol. The van der Waals surface area contributed by atoms with Crippen molar-refractivity contribution in [2.45, 2.75) is 11.8 Å². The van der Waals surface area contributed by atoms with E-state index >= 15 is 0 Å². The molecule has 9 heteroatoms. The summed E-state index contributed by atoms with van der Waals surface area (Å²) in [5.41, 5.74) is 2.44. The molecule has 0 saturated carbocycles. The molecule has 0 bridgehead atoms. The number of nitrogens with one attached hydrogen (secondary N) is 2. The molecule has 0 atom stereocenters. The number of anilines is 1. The molecule has 0 spiro atoms. The van der Waals surface area contributed by atoms with Crippen molar-refractivity contribution in [3.63, 3.8) is 0 Å². The van der Waals surface area contributed by atoms with Crippen LogP contribution in [0.25, 0.3) is 6.08 Å². The van der Waals surface area contributed by atoms with Gasteiger partial charge in [-0.1, -0.05) is 48.5 Å². The van der Waals surface area contributed by atoms with Crippen molar-refractivity contribution in [3.8, 4) is 5.75 Å². The number of fused-ring (bicyclic) bond motifs is 1. The van der Waals surface area contributed by atoms with Crippen LogP contribution >= 0.6 is 11.8 Å². The van der Waals surface area contributed by atoms with Crippen LogP contribution in [-0.2, 0) is 4.79 Å². The monoisotopic (exact) mass is 577 g/mol. The van der Waals surface area contributed by atoms with Crippen LogP contribution < -0.4 is 15.4 Å². The Kier molecular flexibility index (Phi) is 8.79. The highest BCUT2D eigenvalue weighted by Crippen LogP contribution is 2.28. The normalized spacial score (nSPS) is 12.6. The van der Waals surface area contributed by atoms with E-state index in [1.54, 1.807) is 103 Å². The van der Waals surface area contributed by atoms with E-state index < -0.39 is 11.8 Å². The van der Waals surface area contributed by atoms with Gasteiger partial charge < -0.3 is 15.4 Å². The number of carbonyl (C=O) groups excluding carboxylic acids is 4. The van der Waals surface area contributed by atoms with Gasteiger partial charge in [0.2, 0.25) is 0 Å². The molecule has 0 saturated heterocycles. The minimum absolute atomic E-state index is 0.0529. The van der Waals surface area contributed by atoms with Crippen LogP contribution in [-0.4, -0.2) is 41.0 Å². The molecule has 4 aromatic rings. The van der Waals surface area contributed by atoms with Gasteiger partial charge in [-0.3, -0.25) is 24.1 Å². The Hall–Kier alpha value is -5.15. The number of benzene rings is 4. The maximum Gasteiger partial charge on any atom is 0.272 e. The lowest BCUT2D eigenvalue weighted by Gasteiger charge is -2.14. The molecule has 2 N–H and O–H groups in total. The molecule has 1 aliphatic heterocycles. The molecular weight excluding hydrogens is 550 g/mol. The van der Waals surface area contributed by atoms with Crippen LogP contribution in [0.1, 0.15) is 43.6 Å². The van der Waals surface area contributed by atoms with Crippen molar-refractivity contribution in [2.75, 3.05) is 17.8 Å². The number of nitrogens with zero attached hydrogens (tertiary/aromatic N) is 1. The van der Waals surface area contributed by atoms with E-state index in [0.29, 0.717) is 40.3 Å². The molecule has 0 aromatic heterocycles. The Bertz CT molecular complexity index is 1630. The largest absolute Gasteiger partial charge is 0.494 e. The molecule has 0 unspecified atom stereocenters. The SMILES string of the molecule is CCOc1ccc(/C=C(/NC(=O)c2ccccc2)C(=O)Nc2cccc(SCN3C(=O)c4ccccc4C3=O)c2)cc1. The maximum absolute atomic E-state index is 13.4. The van der Waals surface area contributed by atoms with Gasteiger partial charge in [0, 0.05) is 16.1 Å². The molecule has 5 rings (SSSR count). The summed E-state index contributed by atoms with van der Waals surface area (Å²) in [5.74, 6) is -0.773. The van der Waals surface area contributed by atoms with E-state index in [9.17, 15) is 19.2 Å². The number of rotatable bonds is 10. The summed E-state index contributed by atoms with van der Waals surface area (Å²) in [6.45, 7) is 2.43. The molecular formula is C33H27N3O5S. The first-order valence-electron chi connectivity index (χ1n) is 13.2. The van der Waals surface area contributed by atoms with Crippen LogP contribution in [0.15, 0.2) is 114 Å². The third-order valence-electron chi connectivity index (χ3n) is 6.36. The third-order valence-corrected chi connectivity index (χ3v) is 7.34. The number of hydrogen-bond donors (Lipinski definition) is 2. The highest BCUT2D eigenvalue weighted by molar-refractivity contribution is 7.99. The van der Waals surface area contributed by atoms with Gasteiger partial charge in [-0.05, 0) is 73.2 Å². The second-order valence-electron chi connectivity index (χ2n) is 9.22. The van der Waals surface area contributed by atoms with E-state index in [4.69, 9.17) is 4.74 Å². The Morgan fingerprint density at radius 3 is 2.17 bits per heavy atom. The summed E-state index contributed by atoms with van der Waals surface area (Å²) >= 11 is 1.30. The molecule has 210 valence electrons. The van der Waals surface area contributed by atoms with Gasteiger partial charge in [0.1, 0.15) is 11.4 Å². The fourth-order valence-electron chi connectivity index (χ4n) is 4.29. The Morgan fingerprint density at radius 1 is 0.833 bits per heavy atom.